The van der Waals surface area contributed by atoms with Gasteiger partial charge in [0.1, 0.15) is 0 Å². The van der Waals surface area contributed by atoms with E-state index in [0.29, 0.717) is 5.56 Å². The number of hydrogen-bond donors (Lipinski definition) is 2. The van der Waals surface area contributed by atoms with Crippen molar-refractivity contribution in [3.63, 3.8) is 0 Å². The first-order chi connectivity index (χ1) is 14.2. The first-order valence-corrected chi connectivity index (χ1v) is 9.51. The third kappa shape index (κ3) is 6.23. The van der Waals surface area contributed by atoms with Crippen LogP contribution in [-0.4, -0.2) is 22.4 Å². The molecule has 0 bridgehead atoms. The van der Waals surface area contributed by atoms with Crippen LogP contribution in [0.2, 0.25) is 0 Å². The van der Waals surface area contributed by atoms with E-state index in [4.69, 9.17) is 5.73 Å². The Balaban J connectivity index is 0.000000125. The maximum Gasteiger partial charge on any atom is 0.250 e. The normalized spacial score (nSPS) is 11.9. The molecule has 0 spiro atoms. The van der Waals surface area contributed by atoms with Crippen LogP contribution >= 0.6 is 0 Å². The minimum absolute atomic E-state index is 0.442. The number of aromatic nitrogens is 2. The highest BCUT2D eigenvalue weighted by Crippen LogP contribution is 2.11. The molecule has 0 unspecified atom stereocenters. The van der Waals surface area contributed by atoms with Gasteiger partial charge in [-0.2, -0.15) is 0 Å². The lowest BCUT2D eigenvalue weighted by atomic mass is 10.0. The van der Waals surface area contributed by atoms with Crippen LogP contribution in [0.3, 0.4) is 0 Å². The number of pyridine rings is 2. The highest BCUT2D eigenvalue weighted by atomic mass is 16.1. The van der Waals surface area contributed by atoms with Gasteiger partial charge in [-0.25, -0.2) is 0 Å². The molecule has 2 aromatic carbocycles. The van der Waals surface area contributed by atoms with Gasteiger partial charge >= 0.3 is 0 Å². The second kappa shape index (κ2) is 10.7. The average Bonchev–Trinajstić information content (AvgIpc) is 2.81. The van der Waals surface area contributed by atoms with Crippen LogP contribution < -0.4 is 11.1 Å². The molecular formula is C24H24N4O. The summed E-state index contributed by atoms with van der Waals surface area (Å²) < 4.78 is 0. The molecule has 0 atom stereocenters. The number of benzene rings is 2. The molecule has 5 nitrogen and oxygen atoms in total. The number of hydrogen-bond acceptors (Lipinski definition) is 4. The molecule has 0 radical (unpaired) electrons. The van der Waals surface area contributed by atoms with Crippen LogP contribution in [0.4, 0.5) is 0 Å². The van der Waals surface area contributed by atoms with Crippen molar-refractivity contribution in [2.24, 2.45) is 5.73 Å². The SMILES string of the molecule is NC(=O)c1cccnc1.c1ccc2c(c1)CCNC2.c1ccc2ncccc2c1. The molecule has 3 heterocycles. The summed E-state index contributed by atoms with van der Waals surface area (Å²) in [6, 6.07) is 24.0. The van der Waals surface area contributed by atoms with Crippen molar-refractivity contribution in [2.75, 3.05) is 6.54 Å². The lowest BCUT2D eigenvalue weighted by molar-refractivity contribution is 0.1000. The van der Waals surface area contributed by atoms with Crippen LogP contribution in [0, 0.1) is 0 Å². The molecule has 29 heavy (non-hydrogen) atoms. The van der Waals surface area contributed by atoms with Gasteiger partial charge in [-0.05, 0) is 48.4 Å². The molecule has 0 fully saturated rings. The smallest absolute Gasteiger partial charge is 0.250 e. The monoisotopic (exact) mass is 384 g/mol. The highest BCUT2D eigenvalue weighted by Gasteiger charge is 2.05. The topological polar surface area (TPSA) is 80.9 Å². The third-order valence-electron chi connectivity index (χ3n) is 4.46. The Morgan fingerprint density at radius 1 is 0.862 bits per heavy atom. The van der Waals surface area contributed by atoms with Gasteiger partial charge in [0.25, 0.3) is 0 Å². The lowest BCUT2D eigenvalue weighted by Crippen LogP contribution is -2.23. The molecule has 0 aliphatic carbocycles. The lowest BCUT2D eigenvalue weighted by Gasteiger charge is -2.15. The minimum atomic E-state index is -0.442. The van der Waals surface area contributed by atoms with Gasteiger partial charge in [0.15, 0.2) is 0 Å². The van der Waals surface area contributed by atoms with Crippen LogP contribution in [0.5, 0.6) is 0 Å². The Morgan fingerprint density at radius 3 is 2.28 bits per heavy atom. The van der Waals surface area contributed by atoms with Crippen molar-refractivity contribution >= 4 is 16.8 Å². The average molecular weight is 384 g/mol. The van der Waals surface area contributed by atoms with Gasteiger partial charge in [0, 0.05) is 30.5 Å². The van der Waals surface area contributed by atoms with Crippen molar-refractivity contribution in [2.45, 2.75) is 13.0 Å². The van der Waals surface area contributed by atoms with Crippen molar-refractivity contribution in [3.05, 3.63) is 108 Å². The molecule has 1 aliphatic rings. The van der Waals surface area contributed by atoms with Gasteiger partial charge in [0.05, 0.1) is 11.1 Å². The van der Waals surface area contributed by atoms with Crippen LogP contribution in [0.25, 0.3) is 10.9 Å². The van der Waals surface area contributed by atoms with Gasteiger partial charge in [0.2, 0.25) is 5.91 Å². The molecule has 2 aromatic heterocycles. The van der Waals surface area contributed by atoms with Crippen LogP contribution in [0.15, 0.2) is 91.4 Å². The molecule has 4 aromatic rings. The van der Waals surface area contributed by atoms with Crippen LogP contribution in [-0.2, 0) is 13.0 Å². The second-order valence-corrected chi connectivity index (χ2v) is 6.50. The van der Waals surface area contributed by atoms with Crippen LogP contribution in [0.1, 0.15) is 21.5 Å². The third-order valence-corrected chi connectivity index (χ3v) is 4.46. The number of carbonyl (C=O) groups is 1. The van der Waals surface area contributed by atoms with Crippen molar-refractivity contribution in [1.82, 2.24) is 15.3 Å². The summed E-state index contributed by atoms with van der Waals surface area (Å²) in [5.41, 5.74) is 9.42. The standard InChI is InChI=1S/C9H7N.C9H11N.C6H6N2O/c1-2-6-9-8(4-1)5-3-7-10-9;1-2-4-9-7-10-6-5-8(9)3-1;7-6(9)5-2-1-3-8-4-5/h1-7H;1-4,10H,5-7H2;1-4H,(H2,7,9). The van der Waals surface area contributed by atoms with Crippen molar-refractivity contribution in [1.29, 1.82) is 0 Å². The second-order valence-electron chi connectivity index (χ2n) is 6.50. The summed E-state index contributed by atoms with van der Waals surface area (Å²) in [5.74, 6) is -0.442. The fourth-order valence-corrected chi connectivity index (χ4v) is 2.94. The summed E-state index contributed by atoms with van der Waals surface area (Å²) in [5, 5.41) is 4.54. The Labute approximate surface area is 170 Å². The quantitative estimate of drug-likeness (QED) is 0.524. The molecule has 5 heteroatoms. The van der Waals surface area contributed by atoms with E-state index >= 15 is 0 Å². The number of rotatable bonds is 1. The van der Waals surface area contributed by atoms with E-state index in [2.05, 4.69) is 51.7 Å². The van der Waals surface area contributed by atoms with Crippen molar-refractivity contribution < 1.29 is 4.79 Å². The molecule has 146 valence electrons. The van der Waals surface area contributed by atoms with E-state index < -0.39 is 5.91 Å². The summed E-state index contributed by atoms with van der Waals surface area (Å²) in [7, 11) is 0. The molecule has 0 saturated carbocycles. The van der Waals surface area contributed by atoms with Gasteiger partial charge < -0.3 is 11.1 Å². The number of nitrogens with one attached hydrogen (secondary N) is 1. The fraction of sp³-hybridized carbons (Fsp3) is 0.125. The molecule has 0 saturated heterocycles. The van der Waals surface area contributed by atoms with Gasteiger partial charge in [-0.1, -0.05) is 48.5 Å². The summed E-state index contributed by atoms with van der Waals surface area (Å²) in [4.78, 5) is 18.3. The van der Waals surface area contributed by atoms with E-state index in [-0.39, 0.29) is 0 Å². The number of carbonyl (C=O) groups excluding carboxylic acids is 1. The number of nitrogens with two attached hydrogens (primary N) is 1. The maximum atomic E-state index is 10.4. The van der Waals surface area contributed by atoms with E-state index in [9.17, 15) is 4.79 Å². The Hall–Kier alpha value is -3.57. The van der Waals surface area contributed by atoms with Gasteiger partial charge in [-0.15, -0.1) is 0 Å². The molecule has 5 rings (SSSR count). The van der Waals surface area contributed by atoms with E-state index in [1.54, 1.807) is 18.3 Å². The molecule has 3 N–H and O–H groups in total. The summed E-state index contributed by atoms with van der Waals surface area (Å²) >= 11 is 0. The Kier molecular flexibility index (Phi) is 7.43. The van der Waals surface area contributed by atoms with E-state index in [1.807, 2.05) is 30.5 Å². The van der Waals surface area contributed by atoms with E-state index in [1.165, 1.54) is 29.1 Å². The van der Waals surface area contributed by atoms with E-state index in [0.717, 1.165) is 18.6 Å². The molecular weight excluding hydrogens is 360 g/mol. The summed E-state index contributed by atoms with van der Waals surface area (Å²) in [6.45, 7) is 2.19. The summed E-state index contributed by atoms with van der Waals surface area (Å²) in [6.07, 6.45) is 6.02. The predicted molar refractivity (Wildman–Crippen MR) is 116 cm³/mol. The highest BCUT2D eigenvalue weighted by molar-refractivity contribution is 5.92. The largest absolute Gasteiger partial charge is 0.366 e. The van der Waals surface area contributed by atoms with Gasteiger partial charge in [-0.3, -0.25) is 14.8 Å². The minimum Gasteiger partial charge on any atom is -0.366 e. The van der Waals surface area contributed by atoms with Crippen molar-refractivity contribution in [3.8, 4) is 0 Å². The number of nitrogens with zero attached hydrogens (tertiary/aromatic N) is 2. The molecule has 1 amide bonds. The number of para-hydroxylation sites is 1. The number of primary amides is 1. The fourth-order valence-electron chi connectivity index (χ4n) is 2.94. The Morgan fingerprint density at radius 2 is 1.59 bits per heavy atom. The number of amides is 1. The zero-order valence-corrected chi connectivity index (χ0v) is 16.2. The number of fused-ring (bicyclic) bond motifs is 2. The zero-order valence-electron chi connectivity index (χ0n) is 16.2. The Bertz CT molecular complexity index is 960. The maximum absolute atomic E-state index is 10.4. The predicted octanol–water partition coefficient (Wildman–Crippen LogP) is 3.75. The zero-order chi connectivity index (χ0) is 20.3. The first-order valence-electron chi connectivity index (χ1n) is 9.51. The first kappa shape index (κ1) is 20.2. The molecule has 1 aliphatic heterocycles.